The molecule has 0 fully saturated rings. The second-order valence-electron chi connectivity index (χ2n) is 7.33. The number of benzene rings is 2. The van der Waals surface area contributed by atoms with E-state index < -0.39 is 0 Å². The Morgan fingerprint density at radius 3 is 2.64 bits per heavy atom. The molecule has 0 spiro atoms. The largest absolute Gasteiger partial charge is 0.494 e. The van der Waals surface area contributed by atoms with Gasteiger partial charge in [0, 0.05) is 29.1 Å². The molecule has 2 aromatic carbocycles. The van der Waals surface area contributed by atoms with Crippen LogP contribution in [0.25, 0.3) is 10.9 Å². The van der Waals surface area contributed by atoms with Gasteiger partial charge in [0.15, 0.2) is 6.61 Å². The molecule has 2 N–H and O–H groups in total. The standard InChI is InChI=1S/C23H26N2O3/c1-3-27-17-6-8-18(9-7-17)28-14-23(26)24-16-5-10-19-20-12-15(2)4-11-21(20)25-22(19)13-16/h4,6-9,11-12,16,25H,3,5,10,13-14H2,1-2H3,(H,24,26). The number of hydrogen-bond acceptors (Lipinski definition) is 3. The van der Waals surface area contributed by atoms with E-state index in [1.54, 1.807) is 0 Å². The van der Waals surface area contributed by atoms with Gasteiger partial charge < -0.3 is 19.8 Å². The molecule has 1 aliphatic rings. The van der Waals surface area contributed by atoms with Crippen LogP contribution in [0.1, 0.15) is 30.2 Å². The monoisotopic (exact) mass is 378 g/mol. The SMILES string of the molecule is CCOc1ccc(OCC(=O)NC2CCc3c([nH]c4ccc(C)cc34)C2)cc1. The number of H-pyrrole nitrogens is 1. The summed E-state index contributed by atoms with van der Waals surface area (Å²) in [4.78, 5) is 15.8. The molecule has 28 heavy (non-hydrogen) atoms. The maximum Gasteiger partial charge on any atom is 0.258 e. The van der Waals surface area contributed by atoms with E-state index in [0.717, 1.165) is 25.0 Å². The van der Waals surface area contributed by atoms with Crippen LogP contribution in [0.5, 0.6) is 11.5 Å². The van der Waals surface area contributed by atoms with Gasteiger partial charge in [-0.25, -0.2) is 0 Å². The van der Waals surface area contributed by atoms with Gasteiger partial charge in [0.1, 0.15) is 11.5 Å². The Hall–Kier alpha value is -2.95. The summed E-state index contributed by atoms with van der Waals surface area (Å²) >= 11 is 0. The van der Waals surface area contributed by atoms with Gasteiger partial charge in [-0.1, -0.05) is 11.6 Å². The Labute approximate surface area is 165 Å². The molecule has 1 heterocycles. The number of aryl methyl sites for hydroxylation is 2. The first-order valence-electron chi connectivity index (χ1n) is 9.87. The van der Waals surface area contributed by atoms with Gasteiger partial charge in [-0.2, -0.15) is 0 Å². The van der Waals surface area contributed by atoms with Crippen LogP contribution in [0.2, 0.25) is 0 Å². The highest BCUT2D eigenvalue weighted by Gasteiger charge is 2.23. The van der Waals surface area contributed by atoms with E-state index in [2.05, 4.69) is 35.4 Å². The molecule has 0 saturated carbocycles. The van der Waals surface area contributed by atoms with Crippen molar-refractivity contribution < 1.29 is 14.3 Å². The fourth-order valence-electron chi connectivity index (χ4n) is 3.88. The van der Waals surface area contributed by atoms with Crippen LogP contribution in [0, 0.1) is 6.92 Å². The van der Waals surface area contributed by atoms with Crippen molar-refractivity contribution in [3.8, 4) is 11.5 Å². The molecule has 146 valence electrons. The van der Waals surface area contributed by atoms with Gasteiger partial charge in [-0.15, -0.1) is 0 Å². The molecule has 4 rings (SSSR count). The predicted molar refractivity (Wildman–Crippen MR) is 110 cm³/mol. The van der Waals surface area contributed by atoms with E-state index in [-0.39, 0.29) is 18.6 Å². The molecule has 3 aromatic rings. The molecule has 1 atom stereocenters. The number of fused-ring (bicyclic) bond motifs is 3. The topological polar surface area (TPSA) is 63.4 Å². The zero-order valence-corrected chi connectivity index (χ0v) is 16.4. The Bertz CT molecular complexity index is 975. The van der Waals surface area contributed by atoms with Crippen LogP contribution in [0.15, 0.2) is 42.5 Å². The fourth-order valence-corrected chi connectivity index (χ4v) is 3.88. The summed E-state index contributed by atoms with van der Waals surface area (Å²) in [7, 11) is 0. The van der Waals surface area contributed by atoms with Crippen molar-refractivity contribution in [2.45, 2.75) is 39.2 Å². The highest BCUT2D eigenvalue weighted by molar-refractivity contribution is 5.86. The minimum absolute atomic E-state index is 0.0171. The van der Waals surface area contributed by atoms with Crippen molar-refractivity contribution in [3.05, 3.63) is 59.3 Å². The molecule has 5 nitrogen and oxygen atoms in total. The van der Waals surface area contributed by atoms with Crippen LogP contribution in [-0.4, -0.2) is 30.1 Å². The predicted octanol–water partition coefficient (Wildman–Crippen LogP) is 3.93. The van der Waals surface area contributed by atoms with Crippen LogP contribution in [0.3, 0.4) is 0 Å². The molecule has 5 heteroatoms. The summed E-state index contributed by atoms with van der Waals surface area (Å²) in [6.07, 6.45) is 2.75. The minimum Gasteiger partial charge on any atom is -0.494 e. The molecular weight excluding hydrogens is 352 g/mol. The molecule has 0 saturated heterocycles. The lowest BCUT2D eigenvalue weighted by Gasteiger charge is -2.23. The van der Waals surface area contributed by atoms with Crippen molar-refractivity contribution in [1.82, 2.24) is 10.3 Å². The first-order chi connectivity index (χ1) is 13.6. The molecule has 0 aliphatic heterocycles. The quantitative estimate of drug-likeness (QED) is 0.683. The number of rotatable bonds is 6. The number of hydrogen-bond donors (Lipinski definition) is 2. The van der Waals surface area contributed by atoms with Gasteiger partial charge in [-0.05, 0) is 68.7 Å². The molecule has 1 unspecified atom stereocenters. The Morgan fingerprint density at radius 1 is 1.14 bits per heavy atom. The van der Waals surface area contributed by atoms with Crippen LogP contribution >= 0.6 is 0 Å². The number of carbonyl (C=O) groups is 1. The van der Waals surface area contributed by atoms with Crippen LogP contribution < -0.4 is 14.8 Å². The van der Waals surface area contributed by atoms with Crippen molar-refractivity contribution in [3.63, 3.8) is 0 Å². The Morgan fingerprint density at radius 2 is 1.89 bits per heavy atom. The molecular formula is C23H26N2O3. The second kappa shape index (κ2) is 7.97. The van der Waals surface area contributed by atoms with E-state index in [0.29, 0.717) is 12.4 Å². The minimum atomic E-state index is -0.0886. The summed E-state index contributed by atoms with van der Waals surface area (Å²) < 4.78 is 11.0. The summed E-state index contributed by atoms with van der Waals surface area (Å²) in [6.45, 7) is 4.71. The smallest absolute Gasteiger partial charge is 0.258 e. The van der Waals surface area contributed by atoms with Crippen LogP contribution in [-0.2, 0) is 17.6 Å². The van der Waals surface area contributed by atoms with E-state index in [1.165, 1.54) is 27.7 Å². The average Bonchev–Trinajstić information content (AvgIpc) is 3.04. The van der Waals surface area contributed by atoms with E-state index in [4.69, 9.17) is 9.47 Å². The second-order valence-corrected chi connectivity index (χ2v) is 7.33. The summed E-state index contributed by atoms with van der Waals surface area (Å²) in [5.74, 6) is 1.37. The molecule has 1 aliphatic carbocycles. The lowest BCUT2D eigenvalue weighted by molar-refractivity contribution is -0.123. The zero-order valence-electron chi connectivity index (χ0n) is 16.4. The number of ether oxygens (including phenoxy) is 2. The third-order valence-corrected chi connectivity index (χ3v) is 5.21. The zero-order chi connectivity index (χ0) is 19.5. The lowest BCUT2D eigenvalue weighted by Crippen LogP contribution is -2.41. The molecule has 0 radical (unpaired) electrons. The highest BCUT2D eigenvalue weighted by atomic mass is 16.5. The van der Waals surface area contributed by atoms with Crippen molar-refractivity contribution in [2.75, 3.05) is 13.2 Å². The van der Waals surface area contributed by atoms with E-state index >= 15 is 0 Å². The first-order valence-corrected chi connectivity index (χ1v) is 9.87. The molecule has 1 amide bonds. The van der Waals surface area contributed by atoms with Crippen LogP contribution in [0.4, 0.5) is 0 Å². The maximum absolute atomic E-state index is 12.3. The third-order valence-electron chi connectivity index (χ3n) is 5.21. The Kier molecular flexibility index (Phi) is 5.24. The normalized spacial score (nSPS) is 15.9. The summed E-state index contributed by atoms with van der Waals surface area (Å²) in [5.41, 5.74) is 5.09. The fraction of sp³-hybridized carbons (Fsp3) is 0.348. The third kappa shape index (κ3) is 3.98. The number of aromatic amines is 1. The maximum atomic E-state index is 12.3. The van der Waals surface area contributed by atoms with Gasteiger partial charge in [0.05, 0.1) is 6.61 Å². The lowest BCUT2D eigenvalue weighted by atomic mass is 9.91. The number of carbonyl (C=O) groups excluding carboxylic acids is 1. The van der Waals surface area contributed by atoms with E-state index in [9.17, 15) is 4.79 Å². The number of amides is 1. The van der Waals surface area contributed by atoms with Gasteiger partial charge in [0.25, 0.3) is 5.91 Å². The van der Waals surface area contributed by atoms with Crippen molar-refractivity contribution in [2.24, 2.45) is 0 Å². The molecule has 0 bridgehead atoms. The van der Waals surface area contributed by atoms with Gasteiger partial charge >= 0.3 is 0 Å². The van der Waals surface area contributed by atoms with Gasteiger partial charge in [0.2, 0.25) is 0 Å². The highest BCUT2D eigenvalue weighted by Crippen LogP contribution is 2.29. The van der Waals surface area contributed by atoms with E-state index in [1.807, 2.05) is 31.2 Å². The average molecular weight is 378 g/mol. The first kappa shape index (κ1) is 18.4. The van der Waals surface area contributed by atoms with Crippen molar-refractivity contribution in [1.29, 1.82) is 0 Å². The summed E-state index contributed by atoms with van der Waals surface area (Å²) in [6, 6.07) is 14.0. The number of aromatic nitrogens is 1. The molecule has 1 aromatic heterocycles. The van der Waals surface area contributed by atoms with Gasteiger partial charge in [-0.3, -0.25) is 4.79 Å². The number of nitrogens with one attached hydrogen (secondary N) is 2. The summed E-state index contributed by atoms with van der Waals surface area (Å²) in [5, 5.41) is 4.43. The van der Waals surface area contributed by atoms with Crippen molar-refractivity contribution >= 4 is 16.8 Å². The Balaban J connectivity index is 1.32.